The number of esters is 1. The topological polar surface area (TPSA) is 108 Å². The number of nitrogens with one attached hydrogen (secondary N) is 2. The number of pyridine rings is 1. The second-order valence-electron chi connectivity index (χ2n) is 5.77. The molecule has 2 aromatic heterocycles. The maximum absolute atomic E-state index is 12.3. The molecule has 0 aliphatic heterocycles. The van der Waals surface area contributed by atoms with Crippen LogP contribution in [0.25, 0.3) is 0 Å². The van der Waals surface area contributed by atoms with E-state index >= 15 is 0 Å². The van der Waals surface area contributed by atoms with Gasteiger partial charge >= 0.3 is 5.97 Å². The molecule has 0 amide bonds. The third-order valence-corrected chi connectivity index (χ3v) is 4.24. The third-order valence-electron chi connectivity index (χ3n) is 4.24. The molecule has 116 valence electrons. The summed E-state index contributed by atoms with van der Waals surface area (Å²) in [7, 11) is 1.27. The molecule has 0 saturated heterocycles. The van der Waals surface area contributed by atoms with Gasteiger partial charge in [0, 0.05) is 36.0 Å². The van der Waals surface area contributed by atoms with E-state index in [1.54, 1.807) is 31.5 Å². The van der Waals surface area contributed by atoms with Gasteiger partial charge in [-0.05, 0) is 18.6 Å². The number of aromatic nitrogens is 3. The van der Waals surface area contributed by atoms with E-state index < -0.39 is 23.4 Å². The zero-order chi connectivity index (χ0) is 15.9. The Hall–Kier alpha value is -2.41. The molecule has 2 heterocycles. The molecular weight excluding hydrogens is 286 g/mol. The van der Waals surface area contributed by atoms with Gasteiger partial charge in [0.05, 0.1) is 18.6 Å². The van der Waals surface area contributed by atoms with E-state index in [4.69, 9.17) is 4.74 Å². The Balaban J connectivity index is 2.25. The smallest absolute Gasteiger partial charge is 0.312 e. The van der Waals surface area contributed by atoms with Gasteiger partial charge in [0.15, 0.2) is 0 Å². The molecule has 0 aromatic carbocycles. The van der Waals surface area contributed by atoms with Gasteiger partial charge in [-0.1, -0.05) is 6.07 Å². The number of nitrogens with zero attached hydrogens (tertiary/aromatic N) is 1. The fourth-order valence-corrected chi connectivity index (χ4v) is 3.30. The average molecular weight is 303 g/mol. The van der Waals surface area contributed by atoms with Crippen LogP contribution in [0, 0.1) is 5.92 Å². The lowest BCUT2D eigenvalue weighted by Gasteiger charge is -2.40. The van der Waals surface area contributed by atoms with Crippen molar-refractivity contribution in [1.82, 2.24) is 15.2 Å². The first-order chi connectivity index (χ1) is 10.5. The fraction of sp³-hybridized carbons (Fsp3) is 0.400. The van der Waals surface area contributed by atoms with E-state index in [1.807, 2.05) is 0 Å². The maximum Gasteiger partial charge on any atom is 0.312 e. The maximum atomic E-state index is 12.3. The number of hydrogen-bond acceptors (Lipinski definition) is 5. The summed E-state index contributed by atoms with van der Waals surface area (Å²) in [5, 5.41) is 16.1. The molecule has 0 bridgehead atoms. The van der Waals surface area contributed by atoms with Gasteiger partial charge in [0.2, 0.25) is 0 Å². The fourth-order valence-electron chi connectivity index (χ4n) is 3.30. The second-order valence-corrected chi connectivity index (χ2v) is 5.77. The number of aliphatic hydroxyl groups is 1. The standard InChI is InChI=1S/C15H17N3O4/c1-15(21)6-9-11(13(19)18-17-9)10(12(15)14(20)22-2)8-4-3-5-16-7-8/h3-5,7,10,12,21H,6H2,1-2H3,(H2,17,18,19)/t10-,12-,15-/m0/s1. The Morgan fingerprint density at radius 1 is 1.50 bits per heavy atom. The number of ether oxygens (including phenoxy) is 1. The molecule has 1 aliphatic rings. The van der Waals surface area contributed by atoms with Crippen LogP contribution >= 0.6 is 0 Å². The molecule has 0 saturated carbocycles. The quantitative estimate of drug-likeness (QED) is 0.693. The number of methoxy groups -OCH3 is 1. The lowest BCUT2D eigenvalue weighted by atomic mass is 9.66. The number of rotatable bonds is 2. The van der Waals surface area contributed by atoms with Crippen LogP contribution in [-0.4, -0.2) is 39.0 Å². The van der Waals surface area contributed by atoms with Crippen molar-refractivity contribution < 1.29 is 14.6 Å². The highest BCUT2D eigenvalue weighted by molar-refractivity contribution is 5.77. The second kappa shape index (κ2) is 5.10. The van der Waals surface area contributed by atoms with Gasteiger partial charge in [-0.25, -0.2) is 0 Å². The highest BCUT2D eigenvalue weighted by atomic mass is 16.5. The van der Waals surface area contributed by atoms with Crippen molar-refractivity contribution in [2.45, 2.75) is 24.9 Å². The molecule has 3 N–H and O–H groups in total. The summed E-state index contributed by atoms with van der Waals surface area (Å²) in [6.45, 7) is 1.58. The normalized spacial score (nSPS) is 27.2. The molecule has 0 unspecified atom stereocenters. The first-order valence-corrected chi connectivity index (χ1v) is 6.95. The summed E-state index contributed by atoms with van der Waals surface area (Å²) in [5.74, 6) is -2.05. The number of carbonyl (C=O) groups is 1. The molecule has 1 aliphatic carbocycles. The summed E-state index contributed by atoms with van der Waals surface area (Å²) < 4.78 is 4.87. The van der Waals surface area contributed by atoms with Crippen LogP contribution in [0.5, 0.6) is 0 Å². The average Bonchev–Trinajstić information content (AvgIpc) is 2.85. The molecular formula is C15H17N3O4. The van der Waals surface area contributed by atoms with Crippen molar-refractivity contribution in [1.29, 1.82) is 0 Å². The molecule has 7 nitrogen and oxygen atoms in total. The molecule has 3 rings (SSSR count). The predicted octanol–water partition coefficient (Wildman–Crippen LogP) is 0.326. The Kier molecular flexibility index (Phi) is 3.37. The van der Waals surface area contributed by atoms with E-state index in [0.717, 1.165) is 0 Å². The molecule has 0 fully saturated rings. The molecule has 22 heavy (non-hydrogen) atoms. The Bertz CT molecular complexity index is 748. The van der Waals surface area contributed by atoms with E-state index in [0.29, 0.717) is 16.8 Å². The SMILES string of the molecule is COC(=O)[C@@H]1[C@@H](c2cccnc2)c2c([nH][nH]c2=O)C[C@]1(C)O. The van der Waals surface area contributed by atoms with E-state index in [-0.39, 0.29) is 12.0 Å². The minimum absolute atomic E-state index is 0.164. The minimum Gasteiger partial charge on any atom is -0.469 e. The van der Waals surface area contributed by atoms with Crippen LogP contribution in [0.2, 0.25) is 0 Å². The summed E-state index contributed by atoms with van der Waals surface area (Å²) in [5.41, 5.74) is 0.0996. The van der Waals surface area contributed by atoms with Crippen molar-refractivity contribution in [3.05, 3.63) is 51.7 Å². The number of carbonyl (C=O) groups excluding carboxylic acids is 1. The largest absolute Gasteiger partial charge is 0.469 e. The van der Waals surface area contributed by atoms with Crippen LogP contribution in [-0.2, 0) is 16.0 Å². The highest BCUT2D eigenvalue weighted by Crippen LogP contribution is 2.44. The van der Waals surface area contributed by atoms with Gasteiger partial charge in [-0.3, -0.25) is 19.7 Å². The van der Waals surface area contributed by atoms with Crippen LogP contribution in [0.15, 0.2) is 29.3 Å². The van der Waals surface area contributed by atoms with Crippen LogP contribution in [0.1, 0.15) is 29.7 Å². The summed E-state index contributed by atoms with van der Waals surface area (Å²) in [4.78, 5) is 28.5. The zero-order valence-corrected chi connectivity index (χ0v) is 12.3. The van der Waals surface area contributed by atoms with Crippen molar-refractivity contribution in [3.63, 3.8) is 0 Å². The van der Waals surface area contributed by atoms with Gasteiger partial charge in [0.25, 0.3) is 5.56 Å². The summed E-state index contributed by atoms with van der Waals surface area (Å²) in [6.07, 6.45) is 3.37. The molecule has 0 radical (unpaired) electrons. The predicted molar refractivity (Wildman–Crippen MR) is 77.3 cm³/mol. The first kappa shape index (κ1) is 14.5. The van der Waals surface area contributed by atoms with Gasteiger partial charge in [-0.15, -0.1) is 0 Å². The minimum atomic E-state index is -1.34. The van der Waals surface area contributed by atoms with Crippen molar-refractivity contribution in [3.8, 4) is 0 Å². The summed E-state index contributed by atoms with van der Waals surface area (Å²) >= 11 is 0. The van der Waals surface area contributed by atoms with Crippen LogP contribution in [0.4, 0.5) is 0 Å². The Morgan fingerprint density at radius 3 is 2.91 bits per heavy atom. The monoisotopic (exact) mass is 303 g/mol. The zero-order valence-electron chi connectivity index (χ0n) is 12.3. The van der Waals surface area contributed by atoms with E-state index in [2.05, 4.69) is 15.2 Å². The lowest BCUT2D eigenvalue weighted by Crippen LogP contribution is -2.49. The van der Waals surface area contributed by atoms with Crippen molar-refractivity contribution in [2.24, 2.45) is 5.92 Å². The summed E-state index contributed by atoms with van der Waals surface area (Å²) in [6, 6.07) is 3.51. The van der Waals surface area contributed by atoms with E-state index in [9.17, 15) is 14.7 Å². The van der Waals surface area contributed by atoms with Crippen molar-refractivity contribution in [2.75, 3.05) is 7.11 Å². The molecule has 7 heteroatoms. The number of hydrogen-bond donors (Lipinski definition) is 3. The van der Waals surface area contributed by atoms with Crippen LogP contribution in [0.3, 0.4) is 0 Å². The Morgan fingerprint density at radius 2 is 2.27 bits per heavy atom. The first-order valence-electron chi connectivity index (χ1n) is 6.95. The van der Waals surface area contributed by atoms with E-state index in [1.165, 1.54) is 7.11 Å². The van der Waals surface area contributed by atoms with Crippen LogP contribution < -0.4 is 5.56 Å². The molecule has 3 atom stereocenters. The van der Waals surface area contributed by atoms with Gasteiger partial charge in [0.1, 0.15) is 0 Å². The number of fused-ring (bicyclic) bond motifs is 1. The van der Waals surface area contributed by atoms with Crippen molar-refractivity contribution >= 4 is 5.97 Å². The third kappa shape index (κ3) is 2.14. The lowest BCUT2D eigenvalue weighted by molar-refractivity contribution is -0.156. The molecule has 2 aromatic rings. The van der Waals surface area contributed by atoms with Gasteiger partial charge < -0.3 is 14.9 Å². The highest BCUT2D eigenvalue weighted by Gasteiger charge is 2.51. The number of H-pyrrole nitrogens is 2. The van der Waals surface area contributed by atoms with Gasteiger partial charge in [-0.2, -0.15) is 0 Å². The number of aromatic amines is 2. The molecule has 0 spiro atoms. The Labute approximate surface area is 126 Å².